The maximum Gasteiger partial charge on any atom is 0.183 e. The van der Waals surface area contributed by atoms with Crippen molar-refractivity contribution in [3.8, 4) is 0 Å². The number of thiazole rings is 1. The highest BCUT2D eigenvalue weighted by Crippen LogP contribution is 2.28. The van der Waals surface area contributed by atoms with E-state index in [0.29, 0.717) is 12.0 Å². The van der Waals surface area contributed by atoms with Gasteiger partial charge in [0.2, 0.25) is 0 Å². The molecule has 0 aliphatic heterocycles. The summed E-state index contributed by atoms with van der Waals surface area (Å²) in [6, 6.07) is 0.516. The number of nitrogens with zero attached hydrogens (tertiary/aromatic N) is 1. The van der Waals surface area contributed by atoms with Gasteiger partial charge in [-0.05, 0) is 41.2 Å². The SMILES string of the molecule is NCC1CCCCC1Nc1nc(Br)cs1. The first kappa shape index (κ1) is 11.4. The summed E-state index contributed by atoms with van der Waals surface area (Å²) in [7, 11) is 0. The average Bonchev–Trinajstić information content (AvgIpc) is 2.65. The number of nitrogens with one attached hydrogen (secondary N) is 1. The largest absolute Gasteiger partial charge is 0.358 e. The molecule has 2 rings (SSSR count). The monoisotopic (exact) mass is 289 g/mol. The van der Waals surface area contributed by atoms with Crippen LogP contribution in [0, 0.1) is 5.92 Å². The second-order valence-corrected chi connectivity index (χ2v) is 5.68. The predicted octanol–water partition coefficient (Wildman–Crippen LogP) is 2.84. The molecule has 3 N–H and O–H groups in total. The molecule has 0 saturated heterocycles. The van der Waals surface area contributed by atoms with Gasteiger partial charge in [0.1, 0.15) is 4.60 Å². The fraction of sp³-hybridized carbons (Fsp3) is 0.700. The molecule has 15 heavy (non-hydrogen) atoms. The molecule has 0 amide bonds. The molecule has 0 aromatic carbocycles. The molecule has 5 heteroatoms. The Morgan fingerprint density at radius 3 is 3.00 bits per heavy atom. The first-order chi connectivity index (χ1) is 7.29. The van der Waals surface area contributed by atoms with Crippen molar-refractivity contribution in [1.29, 1.82) is 0 Å². The van der Waals surface area contributed by atoms with E-state index in [4.69, 9.17) is 5.73 Å². The Morgan fingerprint density at radius 2 is 2.33 bits per heavy atom. The summed E-state index contributed by atoms with van der Waals surface area (Å²) in [5, 5.41) is 6.51. The smallest absolute Gasteiger partial charge is 0.183 e. The first-order valence-electron chi connectivity index (χ1n) is 5.37. The summed E-state index contributed by atoms with van der Waals surface area (Å²) >= 11 is 5.01. The van der Waals surface area contributed by atoms with Crippen molar-refractivity contribution in [2.75, 3.05) is 11.9 Å². The molecule has 3 nitrogen and oxygen atoms in total. The second-order valence-electron chi connectivity index (χ2n) is 4.01. The zero-order valence-electron chi connectivity index (χ0n) is 8.58. The van der Waals surface area contributed by atoms with Gasteiger partial charge in [-0.2, -0.15) is 0 Å². The van der Waals surface area contributed by atoms with Crippen LogP contribution in [0.15, 0.2) is 9.98 Å². The standard InChI is InChI=1S/C10H16BrN3S/c11-9-6-15-10(14-9)13-8-4-2-1-3-7(8)5-12/h6-8H,1-5,12H2,(H,13,14). The van der Waals surface area contributed by atoms with Crippen LogP contribution in [0.4, 0.5) is 5.13 Å². The number of anilines is 1. The molecule has 1 saturated carbocycles. The van der Waals surface area contributed by atoms with Crippen molar-refractivity contribution in [3.63, 3.8) is 0 Å². The van der Waals surface area contributed by atoms with Crippen LogP contribution in [0.1, 0.15) is 25.7 Å². The quantitative estimate of drug-likeness (QED) is 0.900. The highest BCUT2D eigenvalue weighted by atomic mass is 79.9. The normalized spacial score (nSPS) is 26.5. The van der Waals surface area contributed by atoms with Crippen LogP contribution >= 0.6 is 27.3 Å². The number of hydrogen-bond acceptors (Lipinski definition) is 4. The van der Waals surface area contributed by atoms with Crippen molar-refractivity contribution in [3.05, 3.63) is 9.98 Å². The van der Waals surface area contributed by atoms with Crippen LogP contribution < -0.4 is 11.1 Å². The fourth-order valence-corrected chi connectivity index (χ4v) is 3.37. The molecule has 1 aliphatic rings. The maximum absolute atomic E-state index is 5.79. The lowest BCUT2D eigenvalue weighted by molar-refractivity contribution is 0.332. The Labute approximate surface area is 103 Å². The minimum absolute atomic E-state index is 0.516. The van der Waals surface area contributed by atoms with Crippen LogP contribution in [0.3, 0.4) is 0 Å². The van der Waals surface area contributed by atoms with E-state index in [-0.39, 0.29) is 0 Å². The summed E-state index contributed by atoms with van der Waals surface area (Å²) in [6.45, 7) is 0.782. The molecule has 2 atom stereocenters. The highest BCUT2D eigenvalue weighted by molar-refractivity contribution is 9.10. The van der Waals surface area contributed by atoms with Gasteiger partial charge in [-0.3, -0.25) is 0 Å². The summed E-state index contributed by atoms with van der Waals surface area (Å²) in [4.78, 5) is 4.36. The summed E-state index contributed by atoms with van der Waals surface area (Å²) in [5.74, 6) is 0.612. The molecule has 1 aromatic rings. The third kappa shape index (κ3) is 2.92. The number of halogens is 1. The van der Waals surface area contributed by atoms with Crippen LogP contribution in [-0.2, 0) is 0 Å². The van der Waals surface area contributed by atoms with Gasteiger partial charge in [-0.1, -0.05) is 12.8 Å². The van der Waals surface area contributed by atoms with Gasteiger partial charge in [-0.15, -0.1) is 11.3 Å². The van der Waals surface area contributed by atoms with E-state index < -0.39 is 0 Å². The van der Waals surface area contributed by atoms with Gasteiger partial charge in [0, 0.05) is 11.4 Å². The summed E-state index contributed by atoms with van der Waals surface area (Å²) in [6.07, 6.45) is 5.10. The maximum atomic E-state index is 5.79. The van der Waals surface area contributed by atoms with Crippen LogP contribution in [0.5, 0.6) is 0 Å². The molecule has 0 spiro atoms. The lowest BCUT2D eigenvalue weighted by atomic mass is 9.85. The van der Waals surface area contributed by atoms with Gasteiger partial charge in [-0.25, -0.2) is 4.98 Å². The third-order valence-electron chi connectivity index (χ3n) is 3.00. The van der Waals surface area contributed by atoms with Gasteiger partial charge in [0.25, 0.3) is 0 Å². The molecule has 2 unspecified atom stereocenters. The zero-order valence-corrected chi connectivity index (χ0v) is 11.0. The molecule has 1 fully saturated rings. The van der Waals surface area contributed by atoms with Gasteiger partial charge < -0.3 is 11.1 Å². The molecule has 0 radical (unpaired) electrons. The number of aromatic nitrogens is 1. The Kier molecular flexibility index (Phi) is 3.99. The van der Waals surface area contributed by atoms with Gasteiger partial charge in [0.15, 0.2) is 5.13 Å². The molecule has 1 heterocycles. The van der Waals surface area contributed by atoms with Crippen LogP contribution in [0.25, 0.3) is 0 Å². The number of nitrogens with two attached hydrogens (primary N) is 1. The van der Waals surface area contributed by atoms with Crippen molar-refractivity contribution in [1.82, 2.24) is 4.98 Å². The number of hydrogen-bond donors (Lipinski definition) is 2. The van der Waals surface area contributed by atoms with E-state index in [1.165, 1.54) is 25.7 Å². The molecular weight excluding hydrogens is 274 g/mol. The highest BCUT2D eigenvalue weighted by Gasteiger charge is 2.24. The lowest BCUT2D eigenvalue weighted by Gasteiger charge is -2.31. The molecule has 84 valence electrons. The van der Waals surface area contributed by atoms with Crippen molar-refractivity contribution in [2.45, 2.75) is 31.7 Å². The minimum Gasteiger partial charge on any atom is -0.358 e. The molecule has 1 aromatic heterocycles. The minimum atomic E-state index is 0.516. The Hall–Kier alpha value is -0.130. The van der Waals surface area contributed by atoms with Crippen molar-refractivity contribution < 1.29 is 0 Å². The summed E-state index contributed by atoms with van der Waals surface area (Å²) in [5.41, 5.74) is 5.79. The Morgan fingerprint density at radius 1 is 1.53 bits per heavy atom. The third-order valence-corrected chi connectivity index (χ3v) is 4.48. The van der Waals surface area contributed by atoms with E-state index in [0.717, 1.165) is 16.3 Å². The van der Waals surface area contributed by atoms with E-state index in [2.05, 4.69) is 26.2 Å². The fourth-order valence-electron chi connectivity index (χ4n) is 2.16. The molecule has 1 aliphatic carbocycles. The van der Waals surface area contributed by atoms with Gasteiger partial charge in [0.05, 0.1) is 0 Å². The van der Waals surface area contributed by atoms with Gasteiger partial charge >= 0.3 is 0 Å². The van der Waals surface area contributed by atoms with Crippen LogP contribution in [0.2, 0.25) is 0 Å². The molecule has 0 bridgehead atoms. The Bertz CT molecular complexity index is 315. The topological polar surface area (TPSA) is 50.9 Å². The van der Waals surface area contributed by atoms with E-state index in [1.807, 2.05) is 5.38 Å². The van der Waals surface area contributed by atoms with Crippen molar-refractivity contribution >= 4 is 32.4 Å². The van der Waals surface area contributed by atoms with E-state index in [1.54, 1.807) is 11.3 Å². The van der Waals surface area contributed by atoms with E-state index >= 15 is 0 Å². The first-order valence-corrected chi connectivity index (χ1v) is 7.04. The van der Waals surface area contributed by atoms with E-state index in [9.17, 15) is 0 Å². The molecular formula is C10H16BrN3S. The average molecular weight is 290 g/mol. The zero-order chi connectivity index (χ0) is 10.7. The lowest BCUT2D eigenvalue weighted by Crippen LogP contribution is -2.36. The van der Waals surface area contributed by atoms with Crippen molar-refractivity contribution in [2.24, 2.45) is 11.7 Å². The van der Waals surface area contributed by atoms with Crippen LogP contribution in [-0.4, -0.2) is 17.6 Å². The number of rotatable bonds is 3. The second kappa shape index (κ2) is 5.27. The summed E-state index contributed by atoms with van der Waals surface area (Å²) < 4.78 is 0.912. The Balaban J connectivity index is 1.97. The predicted molar refractivity (Wildman–Crippen MR) is 68.2 cm³/mol.